The molecule has 0 fully saturated rings. The van der Waals surface area contributed by atoms with Crippen molar-refractivity contribution in [2.45, 2.75) is 59.2 Å². The summed E-state index contributed by atoms with van der Waals surface area (Å²) in [5.41, 5.74) is 1.18. The van der Waals surface area contributed by atoms with Crippen molar-refractivity contribution in [1.82, 2.24) is 10.2 Å². The van der Waals surface area contributed by atoms with Gasteiger partial charge >= 0.3 is 0 Å². The van der Waals surface area contributed by atoms with Gasteiger partial charge in [-0.2, -0.15) is 0 Å². The summed E-state index contributed by atoms with van der Waals surface area (Å²) in [6.45, 7) is 9.39. The Morgan fingerprint density at radius 2 is 1.69 bits per heavy atom. The zero-order chi connectivity index (χ0) is 24.1. The van der Waals surface area contributed by atoms with E-state index in [-0.39, 0.29) is 25.0 Å². The van der Waals surface area contributed by atoms with E-state index in [0.717, 1.165) is 11.1 Å². The number of ether oxygens (including phenoxy) is 1. The summed E-state index contributed by atoms with van der Waals surface area (Å²) >= 11 is 18.2. The normalized spacial score (nSPS) is 12.2. The maximum atomic E-state index is 13.2. The molecule has 0 saturated heterocycles. The highest BCUT2D eigenvalue weighted by Crippen LogP contribution is 2.25. The molecule has 0 unspecified atom stereocenters. The van der Waals surface area contributed by atoms with Gasteiger partial charge in [-0.15, -0.1) is 0 Å². The molecule has 1 atom stereocenters. The second kappa shape index (κ2) is 11.3. The van der Waals surface area contributed by atoms with Crippen molar-refractivity contribution < 1.29 is 14.3 Å². The Morgan fingerprint density at radius 3 is 2.25 bits per heavy atom. The number of amides is 2. The summed E-state index contributed by atoms with van der Waals surface area (Å²) in [6, 6.07) is 9.67. The van der Waals surface area contributed by atoms with Gasteiger partial charge in [-0.1, -0.05) is 47.8 Å². The quantitative estimate of drug-likeness (QED) is 0.480. The number of carbonyl (C=O) groups is 2. The number of hydrogen-bond donors (Lipinski definition) is 1. The van der Waals surface area contributed by atoms with Crippen LogP contribution in [0.15, 0.2) is 36.4 Å². The molecule has 32 heavy (non-hydrogen) atoms. The third-order valence-corrected chi connectivity index (χ3v) is 5.88. The van der Waals surface area contributed by atoms with Crippen LogP contribution in [-0.2, 0) is 16.1 Å². The lowest BCUT2D eigenvalue weighted by Gasteiger charge is -2.33. The molecule has 0 bridgehead atoms. The number of halogens is 3. The zero-order valence-corrected chi connectivity index (χ0v) is 21.2. The van der Waals surface area contributed by atoms with Gasteiger partial charge in [0.15, 0.2) is 6.61 Å². The minimum atomic E-state index is -0.674. The summed E-state index contributed by atoms with van der Waals surface area (Å²) in [6.07, 6.45) is 0.440. The van der Waals surface area contributed by atoms with E-state index < -0.39 is 11.6 Å². The first-order chi connectivity index (χ1) is 14.9. The number of nitrogens with one attached hydrogen (secondary N) is 1. The highest BCUT2D eigenvalue weighted by atomic mass is 35.5. The van der Waals surface area contributed by atoms with Gasteiger partial charge in [0.1, 0.15) is 11.8 Å². The Labute approximate surface area is 205 Å². The maximum absolute atomic E-state index is 13.2. The summed E-state index contributed by atoms with van der Waals surface area (Å²) in [7, 11) is 0. The molecule has 2 aromatic carbocycles. The summed E-state index contributed by atoms with van der Waals surface area (Å²) in [4.78, 5) is 27.7. The van der Waals surface area contributed by atoms with Gasteiger partial charge in [0, 0.05) is 17.1 Å². The number of hydrogen-bond acceptors (Lipinski definition) is 3. The van der Waals surface area contributed by atoms with Crippen molar-refractivity contribution in [1.29, 1.82) is 0 Å². The molecule has 174 valence electrons. The van der Waals surface area contributed by atoms with Gasteiger partial charge in [0.25, 0.3) is 5.91 Å². The molecule has 2 amide bonds. The number of rotatable bonds is 8. The second-order valence-corrected chi connectivity index (χ2v) is 9.85. The van der Waals surface area contributed by atoms with E-state index in [2.05, 4.69) is 5.32 Å². The van der Waals surface area contributed by atoms with E-state index in [0.29, 0.717) is 27.2 Å². The van der Waals surface area contributed by atoms with Gasteiger partial charge in [0.2, 0.25) is 5.91 Å². The van der Waals surface area contributed by atoms with E-state index in [1.165, 1.54) is 4.90 Å². The van der Waals surface area contributed by atoms with Crippen molar-refractivity contribution in [2.75, 3.05) is 6.61 Å². The van der Waals surface area contributed by atoms with E-state index in [4.69, 9.17) is 39.5 Å². The minimum absolute atomic E-state index is 0.189. The van der Waals surface area contributed by atoms with Crippen molar-refractivity contribution in [2.24, 2.45) is 0 Å². The van der Waals surface area contributed by atoms with Crippen LogP contribution < -0.4 is 10.1 Å². The molecule has 0 aliphatic carbocycles. The first-order valence-electron chi connectivity index (χ1n) is 10.4. The summed E-state index contributed by atoms with van der Waals surface area (Å²) in [5, 5.41) is 4.39. The third kappa shape index (κ3) is 7.58. The van der Waals surface area contributed by atoms with Crippen molar-refractivity contribution in [3.63, 3.8) is 0 Å². The van der Waals surface area contributed by atoms with E-state index in [9.17, 15) is 9.59 Å². The molecule has 5 nitrogen and oxygen atoms in total. The van der Waals surface area contributed by atoms with Crippen molar-refractivity contribution in [3.8, 4) is 5.75 Å². The molecule has 0 aliphatic rings. The predicted octanol–water partition coefficient (Wildman–Crippen LogP) is 6.06. The lowest BCUT2D eigenvalue weighted by Crippen LogP contribution is -2.54. The Morgan fingerprint density at radius 1 is 1.03 bits per heavy atom. The van der Waals surface area contributed by atoms with Crippen LogP contribution in [0.1, 0.15) is 45.2 Å². The molecule has 8 heteroatoms. The van der Waals surface area contributed by atoms with E-state index >= 15 is 0 Å². The van der Waals surface area contributed by atoms with Crippen LogP contribution in [0.25, 0.3) is 0 Å². The fourth-order valence-electron chi connectivity index (χ4n) is 3.14. The lowest BCUT2D eigenvalue weighted by atomic mass is 10.1. The molecular formula is C24H29Cl3N2O3. The third-order valence-electron chi connectivity index (χ3n) is 4.71. The molecule has 0 saturated carbocycles. The SMILES string of the molecule is CC[C@H](C(=O)NC(C)(C)C)N(Cc1ccc(Cl)c(Cl)c1)C(=O)COc1ccc(Cl)c(C)c1. The van der Waals surface area contributed by atoms with Gasteiger partial charge in [-0.3, -0.25) is 9.59 Å². The molecule has 1 N–H and O–H groups in total. The maximum Gasteiger partial charge on any atom is 0.261 e. The van der Waals surface area contributed by atoms with E-state index in [1.807, 2.05) is 34.6 Å². The fourth-order valence-corrected chi connectivity index (χ4v) is 3.58. The van der Waals surface area contributed by atoms with Crippen LogP contribution in [0.2, 0.25) is 15.1 Å². The van der Waals surface area contributed by atoms with Crippen LogP contribution in [-0.4, -0.2) is 34.9 Å². The first kappa shape index (κ1) is 26.3. The predicted molar refractivity (Wildman–Crippen MR) is 131 cm³/mol. The Kier molecular flexibility index (Phi) is 9.26. The monoisotopic (exact) mass is 498 g/mol. The van der Waals surface area contributed by atoms with E-state index in [1.54, 1.807) is 36.4 Å². The standard InChI is InChI=1S/C24H29Cl3N2O3/c1-6-21(23(31)28-24(3,4)5)29(13-16-7-9-19(26)20(27)12-16)22(30)14-32-17-8-10-18(25)15(2)11-17/h7-12,21H,6,13-14H2,1-5H3,(H,28,31)/t21-/m1/s1. The van der Waals surface area contributed by atoms with Crippen LogP contribution >= 0.6 is 34.8 Å². The van der Waals surface area contributed by atoms with Gasteiger partial charge < -0.3 is 15.0 Å². The number of benzene rings is 2. The topological polar surface area (TPSA) is 58.6 Å². The Bertz CT molecular complexity index is 973. The Hall–Kier alpha value is -1.95. The average Bonchev–Trinajstić information content (AvgIpc) is 2.69. The smallest absolute Gasteiger partial charge is 0.261 e. The summed E-state index contributed by atoms with van der Waals surface area (Å²) in [5.74, 6) is -0.0164. The highest BCUT2D eigenvalue weighted by Gasteiger charge is 2.31. The van der Waals surface area contributed by atoms with Gasteiger partial charge in [-0.05, 0) is 75.6 Å². The number of nitrogens with zero attached hydrogens (tertiary/aromatic N) is 1. The Balaban J connectivity index is 2.27. The van der Waals surface area contributed by atoms with Crippen LogP contribution in [0.4, 0.5) is 0 Å². The second-order valence-electron chi connectivity index (χ2n) is 8.63. The van der Waals surface area contributed by atoms with Crippen LogP contribution in [0.5, 0.6) is 5.75 Å². The number of aryl methyl sites for hydroxylation is 1. The molecule has 0 aromatic heterocycles. The minimum Gasteiger partial charge on any atom is -0.484 e. The fraction of sp³-hybridized carbons (Fsp3) is 0.417. The lowest BCUT2D eigenvalue weighted by molar-refractivity contribution is -0.143. The average molecular weight is 500 g/mol. The largest absolute Gasteiger partial charge is 0.484 e. The molecule has 0 aliphatic heterocycles. The van der Waals surface area contributed by atoms with Gasteiger partial charge in [-0.25, -0.2) is 0 Å². The molecule has 2 rings (SSSR count). The molecule has 2 aromatic rings. The highest BCUT2D eigenvalue weighted by molar-refractivity contribution is 6.42. The van der Waals surface area contributed by atoms with Crippen molar-refractivity contribution in [3.05, 3.63) is 62.6 Å². The molecular weight excluding hydrogens is 471 g/mol. The van der Waals surface area contributed by atoms with Gasteiger partial charge in [0.05, 0.1) is 10.0 Å². The molecule has 0 heterocycles. The zero-order valence-electron chi connectivity index (χ0n) is 19.0. The van der Waals surface area contributed by atoms with Crippen molar-refractivity contribution >= 4 is 46.6 Å². The van der Waals surface area contributed by atoms with Crippen LogP contribution in [0.3, 0.4) is 0 Å². The summed E-state index contributed by atoms with van der Waals surface area (Å²) < 4.78 is 5.71. The first-order valence-corrected chi connectivity index (χ1v) is 11.5. The molecule has 0 spiro atoms. The molecule has 0 radical (unpaired) electrons. The number of carbonyl (C=O) groups excluding carboxylic acids is 2. The van der Waals surface area contributed by atoms with Crippen LogP contribution in [0, 0.1) is 6.92 Å².